The van der Waals surface area contributed by atoms with Crippen molar-refractivity contribution in [2.24, 2.45) is 0 Å². The zero-order valence-electron chi connectivity index (χ0n) is 18.8. The van der Waals surface area contributed by atoms with Gasteiger partial charge in [-0.15, -0.1) is 0 Å². The molecule has 33 heavy (non-hydrogen) atoms. The number of rotatable bonds is 7. The first-order chi connectivity index (χ1) is 15.9. The standard InChI is InChI=1S/C25H25N5O3/c1-17-10-11-26-22(12-17)28-24(31)15-29(3)25(32)19-5-7-21(8-6-19)33-16-20-14-30-13-18(2)4-9-23(30)27-20/h4-14H,15-16H2,1-3H3,(H,26,28,31). The van der Waals surface area contributed by atoms with Gasteiger partial charge in [0.25, 0.3) is 5.91 Å². The van der Waals surface area contributed by atoms with Gasteiger partial charge in [-0.05, 0) is 67.4 Å². The second kappa shape index (κ2) is 9.52. The summed E-state index contributed by atoms with van der Waals surface area (Å²) in [5.41, 5.74) is 4.29. The lowest BCUT2D eigenvalue weighted by Gasteiger charge is -2.17. The van der Waals surface area contributed by atoms with Crippen molar-refractivity contribution in [1.29, 1.82) is 0 Å². The first-order valence-electron chi connectivity index (χ1n) is 10.5. The molecular weight excluding hydrogens is 418 g/mol. The minimum atomic E-state index is -0.313. The maximum atomic E-state index is 12.7. The second-order valence-electron chi connectivity index (χ2n) is 7.95. The summed E-state index contributed by atoms with van der Waals surface area (Å²) in [5, 5.41) is 2.70. The van der Waals surface area contributed by atoms with Crippen LogP contribution in [0, 0.1) is 13.8 Å². The van der Waals surface area contributed by atoms with E-state index in [2.05, 4.69) is 15.3 Å². The average Bonchev–Trinajstić information content (AvgIpc) is 3.19. The summed E-state index contributed by atoms with van der Waals surface area (Å²) in [7, 11) is 1.58. The zero-order valence-corrected chi connectivity index (χ0v) is 18.8. The van der Waals surface area contributed by atoms with E-state index in [1.165, 1.54) is 4.90 Å². The molecule has 0 fully saturated rings. The number of carbonyl (C=O) groups is 2. The van der Waals surface area contributed by atoms with Crippen molar-refractivity contribution < 1.29 is 14.3 Å². The molecule has 4 aromatic rings. The average molecular weight is 444 g/mol. The lowest BCUT2D eigenvalue weighted by molar-refractivity contribution is -0.116. The Morgan fingerprint density at radius 2 is 1.82 bits per heavy atom. The number of ether oxygens (including phenoxy) is 1. The lowest BCUT2D eigenvalue weighted by Crippen LogP contribution is -2.35. The summed E-state index contributed by atoms with van der Waals surface area (Å²) in [6.07, 6.45) is 5.58. The molecule has 0 aliphatic heterocycles. The third-order valence-electron chi connectivity index (χ3n) is 5.05. The molecule has 168 valence electrons. The van der Waals surface area contributed by atoms with Gasteiger partial charge in [-0.2, -0.15) is 0 Å². The van der Waals surface area contributed by atoms with Crippen LogP contribution in [-0.2, 0) is 11.4 Å². The van der Waals surface area contributed by atoms with Crippen LogP contribution in [0.2, 0.25) is 0 Å². The third-order valence-corrected chi connectivity index (χ3v) is 5.05. The molecule has 1 N–H and O–H groups in total. The fourth-order valence-electron chi connectivity index (χ4n) is 3.37. The molecule has 0 saturated carbocycles. The van der Waals surface area contributed by atoms with E-state index in [0.29, 0.717) is 23.7 Å². The minimum absolute atomic E-state index is 0.0833. The minimum Gasteiger partial charge on any atom is -0.487 e. The summed E-state index contributed by atoms with van der Waals surface area (Å²) < 4.78 is 7.78. The smallest absolute Gasteiger partial charge is 0.254 e. The van der Waals surface area contributed by atoms with Gasteiger partial charge in [-0.1, -0.05) is 6.07 Å². The van der Waals surface area contributed by atoms with Gasteiger partial charge < -0.3 is 19.4 Å². The number of imidazole rings is 1. The Morgan fingerprint density at radius 1 is 1.03 bits per heavy atom. The predicted molar refractivity (Wildman–Crippen MR) is 125 cm³/mol. The molecule has 8 heteroatoms. The number of hydrogen-bond donors (Lipinski definition) is 1. The van der Waals surface area contributed by atoms with Crippen molar-refractivity contribution in [2.75, 3.05) is 18.9 Å². The molecule has 3 heterocycles. The molecule has 0 atom stereocenters. The number of hydrogen-bond acceptors (Lipinski definition) is 5. The third kappa shape index (κ3) is 5.54. The van der Waals surface area contributed by atoms with E-state index >= 15 is 0 Å². The van der Waals surface area contributed by atoms with E-state index in [4.69, 9.17) is 4.74 Å². The van der Waals surface area contributed by atoms with E-state index in [-0.39, 0.29) is 18.4 Å². The number of aryl methyl sites for hydroxylation is 2. The van der Waals surface area contributed by atoms with Crippen LogP contribution in [0.25, 0.3) is 5.65 Å². The Morgan fingerprint density at radius 3 is 2.58 bits per heavy atom. The number of likely N-dealkylation sites (N-methyl/N-ethyl adjacent to an activating group) is 1. The fourth-order valence-corrected chi connectivity index (χ4v) is 3.37. The number of nitrogens with one attached hydrogen (secondary N) is 1. The van der Waals surface area contributed by atoms with Gasteiger partial charge in [0, 0.05) is 31.2 Å². The largest absolute Gasteiger partial charge is 0.487 e. The van der Waals surface area contributed by atoms with Crippen LogP contribution < -0.4 is 10.1 Å². The molecule has 8 nitrogen and oxygen atoms in total. The van der Waals surface area contributed by atoms with Gasteiger partial charge in [-0.25, -0.2) is 9.97 Å². The molecule has 1 aromatic carbocycles. The van der Waals surface area contributed by atoms with E-state index < -0.39 is 0 Å². The highest BCUT2D eigenvalue weighted by molar-refractivity contribution is 5.99. The first-order valence-corrected chi connectivity index (χ1v) is 10.5. The van der Waals surface area contributed by atoms with Crippen LogP contribution in [0.5, 0.6) is 5.75 Å². The van der Waals surface area contributed by atoms with Crippen molar-refractivity contribution in [2.45, 2.75) is 20.5 Å². The molecular formula is C25H25N5O3. The highest BCUT2D eigenvalue weighted by Gasteiger charge is 2.15. The summed E-state index contributed by atoms with van der Waals surface area (Å²) in [4.78, 5) is 34.9. The number of aromatic nitrogens is 3. The number of fused-ring (bicyclic) bond motifs is 1. The van der Waals surface area contributed by atoms with Crippen LogP contribution in [0.4, 0.5) is 5.82 Å². The van der Waals surface area contributed by atoms with Gasteiger partial charge in [0.05, 0.1) is 12.2 Å². The summed E-state index contributed by atoms with van der Waals surface area (Å²) in [6, 6.07) is 14.4. The number of pyridine rings is 2. The number of carbonyl (C=O) groups excluding carboxylic acids is 2. The van der Waals surface area contributed by atoms with Gasteiger partial charge in [0.1, 0.15) is 23.8 Å². The van der Waals surface area contributed by atoms with Crippen LogP contribution in [0.1, 0.15) is 27.2 Å². The van der Waals surface area contributed by atoms with Gasteiger partial charge in [0.15, 0.2) is 0 Å². The Bertz CT molecular complexity index is 1300. The van der Waals surface area contributed by atoms with Gasteiger partial charge >= 0.3 is 0 Å². The number of benzene rings is 1. The van der Waals surface area contributed by atoms with E-state index in [0.717, 1.165) is 22.5 Å². The molecule has 0 bridgehead atoms. The predicted octanol–water partition coefficient (Wildman–Crippen LogP) is 3.64. The van der Waals surface area contributed by atoms with Crippen LogP contribution >= 0.6 is 0 Å². The summed E-state index contributed by atoms with van der Waals surface area (Å²) in [6.45, 7) is 4.18. The van der Waals surface area contributed by atoms with Crippen molar-refractivity contribution in [1.82, 2.24) is 19.3 Å². The summed E-state index contributed by atoms with van der Waals surface area (Å²) in [5.74, 6) is 0.518. The van der Waals surface area contributed by atoms with E-state index in [9.17, 15) is 9.59 Å². The van der Waals surface area contributed by atoms with E-state index in [1.807, 2.05) is 48.8 Å². The Kier molecular flexibility index (Phi) is 6.35. The normalized spacial score (nSPS) is 10.8. The van der Waals surface area contributed by atoms with E-state index in [1.54, 1.807) is 43.6 Å². The highest BCUT2D eigenvalue weighted by Crippen LogP contribution is 2.16. The molecule has 0 aliphatic carbocycles. The van der Waals surface area contributed by atoms with Crippen LogP contribution in [-0.4, -0.2) is 44.7 Å². The number of amides is 2. The van der Waals surface area contributed by atoms with Gasteiger partial charge in [0.2, 0.25) is 5.91 Å². The Balaban J connectivity index is 1.31. The SMILES string of the molecule is Cc1ccnc(NC(=O)CN(C)C(=O)c2ccc(OCc3cn4cc(C)ccc4n3)cc2)c1. The maximum absolute atomic E-state index is 12.7. The zero-order chi connectivity index (χ0) is 23.4. The topological polar surface area (TPSA) is 88.8 Å². The Labute approximate surface area is 191 Å². The van der Waals surface area contributed by atoms with Crippen molar-refractivity contribution >= 4 is 23.3 Å². The van der Waals surface area contributed by atoms with Crippen molar-refractivity contribution in [3.05, 3.63) is 89.5 Å². The fraction of sp³-hybridized carbons (Fsp3) is 0.200. The van der Waals surface area contributed by atoms with Crippen LogP contribution in [0.15, 0.2) is 67.1 Å². The Hall–Kier alpha value is -4.20. The quantitative estimate of drug-likeness (QED) is 0.471. The highest BCUT2D eigenvalue weighted by atomic mass is 16.5. The molecule has 4 rings (SSSR count). The van der Waals surface area contributed by atoms with Gasteiger partial charge in [-0.3, -0.25) is 9.59 Å². The van der Waals surface area contributed by atoms with Crippen LogP contribution in [0.3, 0.4) is 0 Å². The molecule has 0 saturated heterocycles. The molecule has 0 aliphatic rings. The molecule has 0 radical (unpaired) electrons. The second-order valence-corrected chi connectivity index (χ2v) is 7.95. The molecule has 2 amide bonds. The van der Waals surface area contributed by atoms with Crippen molar-refractivity contribution in [3.8, 4) is 5.75 Å². The van der Waals surface area contributed by atoms with Crippen molar-refractivity contribution in [3.63, 3.8) is 0 Å². The lowest BCUT2D eigenvalue weighted by atomic mass is 10.2. The summed E-state index contributed by atoms with van der Waals surface area (Å²) >= 11 is 0. The maximum Gasteiger partial charge on any atom is 0.254 e. The molecule has 0 unspecified atom stereocenters. The number of anilines is 1. The first kappa shape index (κ1) is 22.0. The molecule has 3 aromatic heterocycles. The molecule has 0 spiro atoms. The number of nitrogens with zero attached hydrogens (tertiary/aromatic N) is 4. The monoisotopic (exact) mass is 443 g/mol.